The van der Waals surface area contributed by atoms with Crippen LogP contribution in [0.15, 0.2) is 146 Å². The lowest BCUT2D eigenvalue weighted by atomic mass is 9.80. The minimum atomic E-state index is -0.786. The summed E-state index contributed by atoms with van der Waals surface area (Å²) in [5, 5.41) is 0. The van der Waals surface area contributed by atoms with E-state index in [4.69, 9.17) is 9.47 Å². The highest BCUT2D eigenvalue weighted by Gasteiger charge is 2.40. The monoisotopic (exact) mass is 581 g/mol. The number of benzene rings is 5. The summed E-state index contributed by atoms with van der Waals surface area (Å²) in [5.41, 5.74) is 4.83. The molecule has 4 nitrogen and oxygen atoms in total. The van der Waals surface area contributed by atoms with Crippen LogP contribution in [0, 0.1) is 0 Å². The maximum absolute atomic E-state index is 13.0. The Morgan fingerprint density at radius 1 is 0.636 bits per heavy atom. The molecule has 1 unspecified atom stereocenters. The van der Waals surface area contributed by atoms with E-state index in [0.717, 1.165) is 47.3 Å². The summed E-state index contributed by atoms with van der Waals surface area (Å²) in [6.45, 7) is 1.73. The van der Waals surface area contributed by atoms with Gasteiger partial charge in [0, 0.05) is 13.0 Å². The van der Waals surface area contributed by atoms with Gasteiger partial charge in [0.25, 0.3) is 0 Å². The molecule has 0 aliphatic carbocycles. The van der Waals surface area contributed by atoms with E-state index in [1.54, 1.807) is 0 Å². The van der Waals surface area contributed by atoms with Crippen LogP contribution in [0.1, 0.15) is 47.1 Å². The highest BCUT2D eigenvalue weighted by atomic mass is 16.5. The fourth-order valence-electron chi connectivity index (χ4n) is 6.21. The molecule has 5 aromatic rings. The molecule has 44 heavy (non-hydrogen) atoms. The molecular weight excluding hydrogens is 542 g/mol. The van der Waals surface area contributed by atoms with E-state index >= 15 is 0 Å². The van der Waals surface area contributed by atoms with Crippen molar-refractivity contribution in [3.8, 4) is 5.75 Å². The zero-order valence-corrected chi connectivity index (χ0v) is 25.1. The third-order valence-electron chi connectivity index (χ3n) is 8.52. The van der Waals surface area contributed by atoms with Gasteiger partial charge in [-0.2, -0.15) is 0 Å². The Morgan fingerprint density at radius 2 is 1.16 bits per heavy atom. The number of aryl methyl sites for hydroxylation is 1. The predicted octanol–water partition coefficient (Wildman–Crippen LogP) is 8.20. The Kier molecular flexibility index (Phi) is 9.49. The first-order valence-electron chi connectivity index (χ1n) is 15.6. The lowest BCUT2D eigenvalue weighted by Gasteiger charge is -2.38. The Balaban J connectivity index is 1.12. The number of hydrogen-bond acceptors (Lipinski definition) is 3. The largest absolute Gasteiger partial charge is 0.489 e. The second-order valence-corrected chi connectivity index (χ2v) is 11.4. The van der Waals surface area contributed by atoms with Crippen LogP contribution in [0.3, 0.4) is 0 Å². The number of rotatable bonds is 13. The topological polar surface area (TPSA) is 38.8 Å². The molecule has 1 aliphatic heterocycles. The number of carbonyl (C=O) groups excluding carboxylic acids is 1. The van der Waals surface area contributed by atoms with Gasteiger partial charge in [0.05, 0.1) is 12.6 Å². The lowest BCUT2D eigenvalue weighted by Crippen LogP contribution is -2.41. The maximum atomic E-state index is 13.0. The summed E-state index contributed by atoms with van der Waals surface area (Å²) >= 11 is 0. The van der Waals surface area contributed by atoms with E-state index in [1.807, 2.05) is 53.4 Å². The smallest absolute Gasteiger partial charge is 0.222 e. The quantitative estimate of drug-likeness (QED) is 0.132. The van der Waals surface area contributed by atoms with Crippen LogP contribution in [-0.2, 0) is 28.2 Å². The van der Waals surface area contributed by atoms with Crippen LogP contribution in [-0.4, -0.2) is 30.0 Å². The van der Waals surface area contributed by atoms with Gasteiger partial charge in [0.1, 0.15) is 18.0 Å². The molecule has 0 spiro atoms. The van der Waals surface area contributed by atoms with Crippen molar-refractivity contribution in [3.63, 3.8) is 0 Å². The average Bonchev–Trinajstić information content (AvgIpc) is 3.45. The van der Waals surface area contributed by atoms with Crippen molar-refractivity contribution in [3.05, 3.63) is 173 Å². The van der Waals surface area contributed by atoms with Gasteiger partial charge >= 0.3 is 0 Å². The molecular formula is C40H39NO3. The van der Waals surface area contributed by atoms with Gasteiger partial charge in [-0.3, -0.25) is 4.79 Å². The van der Waals surface area contributed by atoms with Gasteiger partial charge in [-0.15, -0.1) is 0 Å². The molecule has 0 aromatic heterocycles. The molecule has 1 saturated heterocycles. The summed E-state index contributed by atoms with van der Waals surface area (Å²) in [4.78, 5) is 15.1. The fourth-order valence-corrected chi connectivity index (χ4v) is 6.21. The maximum Gasteiger partial charge on any atom is 0.222 e. The first-order chi connectivity index (χ1) is 21.7. The van der Waals surface area contributed by atoms with Gasteiger partial charge in [0.2, 0.25) is 5.91 Å². The van der Waals surface area contributed by atoms with Crippen LogP contribution in [0.5, 0.6) is 5.75 Å². The van der Waals surface area contributed by atoms with Crippen molar-refractivity contribution < 1.29 is 14.3 Å². The van der Waals surface area contributed by atoms with Gasteiger partial charge < -0.3 is 14.4 Å². The fraction of sp³-hybridized carbons (Fsp3) is 0.225. The van der Waals surface area contributed by atoms with Crippen molar-refractivity contribution >= 4 is 5.91 Å². The van der Waals surface area contributed by atoms with Crippen LogP contribution >= 0.6 is 0 Å². The molecule has 5 aromatic carbocycles. The highest BCUT2D eigenvalue weighted by molar-refractivity contribution is 5.78. The first-order valence-corrected chi connectivity index (χ1v) is 15.6. The van der Waals surface area contributed by atoms with Gasteiger partial charge in [0.15, 0.2) is 0 Å². The third kappa shape index (κ3) is 6.77. The molecule has 0 saturated carbocycles. The zero-order valence-electron chi connectivity index (χ0n) is 25.1. The number of hydrogen-bond donors (Lipinski definition) is 0. The lowest BCUT2D eigenvalue weighted by molar-refractivity contribution is -0.130. The predicted molar refractivity (Wildman–Crippen MR) is 175 cm³/mol. The van der Waals surface area contributed by atoms with Gasteiger partial charge in [-0.1, -0.05) is 133 Å². The SMILES string of the molecule is O=C1CCC(COC(c2ccccc2)(c2ccccc2)c2ccccc2)N1CCCc1ccc(OCc2ccccc2)cc1. The van der Waals surface area contributed by atoms with Gasteiger partial charge in [-0.05, 0) is 59.2 Å². The van der Waals surface area contributed by atoms with E-state index in [1.165, 1.54) is 5.56 Å². The van der Waals surface area contributed by atoms with Crippen molar-refractivity contribution in [1.82, 2.24) is 4.90 Å². The Hall–Kier alpha value is -4.67. The van der Waals surface area contributed by atoms with Crippen molar-refractivity contribution in [2.24, 2.45) is 0 Å². The molecule has 1 aliphatic rings. The van der Waals surface area contributed by atoms with Gasteiger partial charge in [-0.25, -0.2) is 0 Å². The first kappa shape index (κ1) is 29.4. The van der Waals surface area contributed by atoms with E-state index in [-0.39, 0.29) is 11.9 Å². The minimum absolute atomic E-state index is 0.0341. The second kappa shape index (κ2) is 14.2. The van der Waals surface area contributed by atoms with Crippen LogP contribution in [0.4, 0.5) is 0 Å². The van der Waals surface area contributed by atoms with Crippen LogP contribution in [0.25, 0.3) is 0 Å². The Bertz CT molecular complexity index is 1490. The third-order valence-corrected chi connectivity index (χ3v) is 8.52. The molecule has 0 bridgehead atoms. The molecule has 1 atom stereocenters. The number of nitrogens with zero attached hydrogens (tertiary/aromatic N) is 1. The van der Waals surface area contributed by atoms with Crippen LogP contribution in [0.2, 0.25) is 0 Å². The summed E-state index contributed by atoms with van der Waals surface area (Å²) in [6, 6.07) is 49.8. The van der Waals surface area contributed by atoms with E-state index in [0.29, 0.717) is 26.2 Å². The van der Waals surface area contributed by atoms with E-state index in [2.05, 4.69) is 97.1 Å². The molecule has 1 heterocycles. The summed E-state index contributed by atoms with van der Waals surface area (Å²) in [5.74, 6) is 1.08. The Morgan fingerprint density at radius 3 is 1.70 bits per heavy atom. The van der Waals surface area contributed by atoms with Crippen molar-refractivity contribution in [1.29, 1.82) is 0 Å². The van der Waals surface area contributed by atoms with E-state index < -0.39 is 5.60 Å². The normalized spacial score (nSPS) is 15.0. The summed E-state index contributed by atoms with van der Waals surface area (Å²) in [7, 11) is 0. The van der Waals surface area contributed by atoms with E-state index in [9.17, 15) is 4.79 Å². The molecule has 4 heteroatoms. The minimum Gasteiger partial charge on any atom is -0.489 e. The second-order valence-electron chi connectivity index (χ2n) is 11.4. The molecule has 222 valence electrons. The number of carbonyl (C=O) groups is 1. The summed E-state index contributed by atoms with van der Waals surface area (Å²) < 4.78 is 13.0. The van der Waals surface area contributed by atoms with Crippen molar-refractivity contribution in [2.75, 3.05) is 13.2 Å². The number of ether oxygens (including phenoxy) is 2. The zero-order chi connectivity index (χ0) is 30.0. The average molecular weight is 582 g/mol. The number of likely N-dealkylation sites (tertiary alicyclic amines) is 1. The Labute approximate surface area is 260 Å². The molecule has 6 rings (SSSR count). The molecule has 1 fully saturated rings. The standard InChI is InChI=1S/C40H39NO3/c42-39-28-25-37(41(39)29-13-16-32-23-26-38(27-24-32)43-30-33-14-5-1-6-15-33)31-44-40(34-17-7-2-8-18-34,35-19-9-3-10-20-35)36-21-11-4-12-22-36/h1-12,14-15,17-24,26-27,37H,13,16,25,28-31H2. The summed E-state index contributed by atoms with van der Waals surface area (Å²) in [6.07, 6.45) is 3.17. The number of amides is 1. The molecule has 1 amide bonds. The van der Waals surface area contributed by atoms with Crippen LogP contribution < -0.4 is 4.74 Å². The molecule has 0 radical (unpaired) electrons. The van der Waals surface area contributed by atoms with Crippen molar-refractivity contribution in [2.45, 2.75) is 43.9 Å². The highest BCUT2D eigenvalue weighted by Crippen LogP contribution is 2.41. The molecule has 0 N–H and O–H groups in total.